The van der Waals surface area contributed by atoms with E-state index in [2.05, 4.69) is 5.32 Å². The van der Waals surface area contributed by atoms with E-state index in [-0.39, 0.29) is 0 Å². The topological polar surface area (TPSA) is 38.3 Å². The van der Waals surface area contributed by atoms with Gasteiger partial charge < -0.3 is 10.1 Å². The molecule has 4 rings (SSSR count). The molecule has 1 unspecified atom stereocenters. The van der Waals surface area contributed by atoms with Crippen molar-refractivity contribution < 1.29 is 18.3 Å². The number of fused-ring (bicyclic) bond motifs is 1. The molecule has 0 saturated carbocycles. The molecule has 0 radical (unpaired) electrons. The lowest BCUT2D eigenvalue weighted by Crippen LogP contribution is -2.31. The second-order valence-electron chi connectivity index (χ2n) is 6.63. The van der Waals surface area contributed by atoms with Gasteiger partial charge in [0.05, 0.1) is 12.6 Å². The Kier molecular flexibility index (Phi) is 5.43. The van der Waals surface area contributed by atoms with Crippen molar-refractivity contribution in [3.05, 3.63) is 98.5 Å². The Morgan fingerprint density at radius 2 is 1.79 bits per heavy atom. The fraction of sp³-hybridized carbons (Fsp3) is 0.136. The van der Waals surface area contributed by atoms with Gasteiger partial charge >= 0.3 is 0 Å². The molecular formula is C22H15Cl2F2NO2. The predicted octanol–water partition coefficient (Wildman–Crippen LogP) is 5.73. The third-order valence-corrected chi connectivity index (χ3v) is 5.36. The molecular weight excluding hydrogens is 419 g/mol. The van der Waals surface area contributed by atoms with Crippen molar-refractivity contribution in [2.75, 3.05) is 6.61 Å². The summed E-state index contributed by atoms with van der Waals surface area (Å²) >= 11 is 12.5. The Bertz CT molecular complexity index is 1080. The van der Waals surface area contributed by atoms with Crippen LogP contribution < -0.4 is 10.1 Å². The Balaban J connectivity index is 1.78. The summed E-state index contributed by atoms with van der Waals surface area (Å²) in [4.78, 5) is 12.8. The van der Waals surface area contributed by atoms with E-state index < -0.39 is 29.1 Å². The van der Waals surface area contributed by atoms with Gasteiger partial charge in [-0.15, -0.1) is 0 Å². The summed E-state index contributed by atoms with van der Waals surface area (Å²) in [6, 6.07) is 12.8. The van der Waals surface area contributed by atoms with Gasteiger partial charge in [-0.3, -0.25) is 4.79 Å². The average Bonchev–Trinajstić information content (AvgIpc) is 3.16. The zero-order chi connectivity index (χ0) is 20.5. The minimum Gasteiger partial charge on any atom is -0.493 e. The Hall–Kier alpha value is -2.63. The molecule has 1 aliphatic heterocycles. The number of nitrogens with one attached hydrogen (secondary N) is 1. The van der Waals surface area contributed by atoms with Crippen molar-refractivity contribution in [2.24, 2.45) is 0 Å². The average molecular weight is 434 g/mol. The number of benzene rings is 3. The summed E-state index contributed by atoms with van der Waals surface area (Å²) in [6.45, 7) is 0.578. The highest BCUT2D eigenvalue weighted by atomic mass is 35.5. The summed E-state index contributed by atoms with van der Waals surface area (Å²) in [6.07, 6.45) is 0.731. The van der Waals surface area contributed by atoms with Crippen LogP contribution in [0.1, 0.15) is 33.1 Å². The van der Waals surface area contributed by atoms with Gasteiger partial charge in [-0.1, -0.05) is 35.3 Å². The van der Waals surface area contributed by atoms with Crippen molar-refractivity contribution in [1.82, 2.24) is 5.32 Å². The van der Waals surface area contributed by atoms with Gasteiger partial charge in [-0.05, 0) is 59.2 Å². The third kappa shape index (κ3) is 3.93. The number of rotatable bonds is 4. The standard InChI is InChI=1S/C22H15Cl2F2NO2/c23-14-5-6-16(24)15(11-14)21(13-4-7-19-12(10-13)8-9-29-19)27-22(28)20-17(25)2-1-3-18(20)26/h1-7,10-11,21H,8-9H2,(H,27,28). The summed E-state index contributed by atoms with van der Waals surface area (Å²) < 4.78 is 33.8. The second kappa shape index (κ2) is 8.01. The van der Waals surface area contributed by atoms with Crippen molar-refractivity contribution in [3.8, 4) is 5.75 Å². The number of hydrogen-bond acceptors (Lipinski definition) is 2. The monoisotopic (exact) mass is 433 g/mol. The summed E-state index contributed by atoms with van der Waals surface area (Å²) in [7, 11) is 0. The first-order valence-electron chi connectivity index (χ1n) is 8.89. The molecule has 0 spiro atoms. The highest BCUT2D eigenvalue weighted by molar-refractivity contribution is 6.33. The van der Waals surface area contributed by atoms with E-state index in [1.54, 1.807) is 30.3 Å². The fourth-order valence-corrected chi connectivity index (χ4v) is 3.79. The molecule has 0 aromatic heterocycles. The number of carbonyl (C=O) groups excluding carboxylic acids is 1. The largest absolute Gasteiger partial charge is 0.493 e. The number of amides is 1. The van der Waals surface area contributed by atoms with Crippen LogP contribution in [0.25, 0.3) is 0 Å². The van der Waals surface area contributed by atoms with E-state index in [0.717, 1.165) is 29.9 Å². The van der Waals surface area contributed by atoms with E-state index in [0.29, 0.717) is 27.8 Å². The molecule has 7 heteroatoms. The van der Waals surface area contributed by atoms with Crippen LogP contribution in [0, 0.1) is 11.6 Å². The van der Waals surface area contributed by atoms with Crippen LogP contribution in [0.5, 0.6) is 5.75 Å². The Morgan fingerprint density at radius 3 is 2.55 bits per heavy atom. The van der Waals surface area contributed by atoms with Crippen LogP contribution in [0.2, 0.25) is 10.0 Å². The minimum atomic E-state index is -0.944. The van der Waals surface area contributed by atoms with Gasteiger partial charge in [0.15, 0.2) is 0 Å². The number of carbonyl (C=O) groups is 1. The number of hydrogen-bond donors (Lipinski definition) is 1. The van der Waals surface area contributed by atoms with E-state index in [4.69, 9.17) is 27.9 Å². The second-order valence-corrected chi connectivity index (χ2v) is 7.48. The maximum atomic E-state index is 14.1. The van der Waals surface area contributed by atoms with Gasteiger partial charge in [0.2, 0.25) is 0 Å². The maximum absolute atomic E-state index is 14.1. The molecule has 0 aliphatic carbocycles. The molecule has 1 amide bonds. The lowest BCUT2D eigenvalue weighted by atomic mass is 9.95. The molecule has 0 bridgehead atoms. The highest BCUT2D eigenvalue weighted by Crippen LogP contribution is 2.34. The van der Waals surface area contributed by atoms with Crippen molar-refractivity contribution in [1.29, 1.82) is 0 Å². The smallest absolute Gasteiger partial charge is 0.258 e. The number of halogens is 4. The molecule has 1 atom stereocenters. The van der Waals surface area contributed by atoms with Gasteiger partial charge in [0.25, 0.3) is 5.91 Å². The third-order valence-electron chi connectivity index (χ3n) is 4.78. The first kappa shape index (κ1) is 19.7. The van der Waals surface area contributed by atoms with Gasteiger partial charge in [-0.2, -0.15) is 0 Å². The SMILES string of the molecule is O=C(NC(c1ccc2c(c1)CCO2)c1cc(Cl)ccc1Cl)c1c(F)cccc1F. The van der Waals surface area contributed by atoms with Crippen LogP contribution in [-0.4, -0.2) is 12.5 Å². The Morgan fingerprint density at radius 1 is 1.03 bits per heavy atom. The molecule has 1 aliphatic rings. The highest BCUT2D eigenvalue weighted by Gasteiger charge is 2.25. The van der Waals surface area contributed by atoms with E-state index >= 15 is 0 Å². The van der Waals surface area contributed by atoms with Crippen molar-refractivity contribution >= 4 is 29.1 Å². The van der Waals surface area contributed by atoms with Gasteiger partial charge in [0, 0.05) is 16.5 Å². The first-order valence-corrected chi connectivity index (χ1v) is 9.65. The van der Waals surface area contributed by atoms with Crippen LogP contribution in [0.4, 0.5) is 8.78 Å². The molecule has 3 aromatic carbocycles. The molecule has 3 nitrogen and oxygen atoms in total. The molecule has 148 valence electrons. The molecule has 0 saturated heterocycles. The van der Waals surface area contributed by atoms with E-state index in [9.17, 15) is 13.6 Å². The lowest BCUT2D eigenvalue weighted by Gasteiger charge is -2.22. The van der Waals surface area contributed by atoms with Crippen molar-refractivity contribution in [3.63, 3.8) is 0 Å². The zero-order valence-corrected chi connectivity index (χ0v) is 16.5. The molecule has 3 aromatic rings. The van der Waals surface area contributed by atoms with Crippen LogP contribution in [0.15, 0.2) is 54.6 Å². The fourth-order valence-electron chi connectivity index (χ4n) is 3.38. The normalized spacial score (nSPS) is 13.5. The molecule has 1 heterocycles. The first-order chi connectivity index (χ1) is 13.9. The summed E-state index contributed by atoms with van der Waals surface area (Å²) in [5.74, 6) is -2.00. The van der Waals surface area contributed by atoms with E-state index in [1.165, 1.54) is 6.07 Å². The van der Waals surface area contributed by atoms with E-state index in [1.807, 2.05) is 6.07 Å². The molecule has 1 N–H and O–H groups in total. The summed E-state index contributed by atoms with van der Waals surface area (Å²) in [5.41, 5.74) is 1.55. The Labute approximate surface area is 176 Å². The number of ether oxygens (including phenoxy) is 1. The van der Waals surface area contributed by atoms with Crippen LogP contribution in [0.3, 0.4) is 0 Å². The van der Waals surface area contributed by atoms with Gasteiger partial charge in [-0.25, -0.2) is 8.78 Å². The lowest BCUT2D eigenvalue weighted by molar-refractivity contribution is 0.0934. The zero-order valence-electron chi connectivity index (χ0n) is 15.0. The maximum Gasteiger partial charge on any atom is 0.258 e. The molecule has 29 heavy (non-hydrogen) atoms. The predicted molar refractivity (Wildman–Crippen MR) is 108 cm³/mol. The summed E-state index contributed by atoms with van der Waals surface area (Å²) in [5, 5.41) is 3.49. The minimum absolute atomic E-state index is 0.366. The van der Waals surface area contributed by atoms with Gasteiger partial charge in [0.1, 0.15) is 22.9 Å². The van der Waals surface area contributed by atoms with Crippen molar-refractivity contribution in [2.45, 2.75) is 12.5 Å². The molecule has 0 fully saturated rings. The van der Waals surface area contributed by atoms with Crippen LogP contribution in [-0.2, 0) is 6.42 Å². The quantitative estimate of drug-likeness (QED) is 0.570. The van der Waals surface area contributed by atoms with Crippen LogP contribution >= 0.6 is 23.2 Å².